The van der Waals surface area contributed by atoms with Crippen molar-refractivity contribution in [1.29, 1.82) is 0 Å². The predicted molar refractivity (Wildman–Crippen MR) is 41.4 cm³/mol. The van der Waals surface area contributed by atoms with E-state index in [2.05, 4.69) is 5.32 Å². The molecule has 0 fully saturated rings. The zero-order valence-electron chi connectivity index (χ0n) is 6.87. The Morgan fingerprint density at radius 1 is 1.64 bits per heavy atom. The number of aliphatic carboxylic acids is 1. The van der Waals surface area contributed by atoms with Crippen molar-refractivity contribution in [2.45, 2.75) is 32.4 Å². The van der Waals surface area contributed by atoms with Gasteiger partial charge in [0.15, 0.2) is 0 Å². The van der Waals surface area contributed by atoms with Crippen molar-refractivity contribution < 1.29 is 15.0 Å². The van der Waals surface area contributed by atoms with Gasteiger partial charge >= 0.3 is 5.97 Å². The van der Waals surface area contributed by atoms with Gasteiger partial charge in [-0.3, -0.25) is 10.1 Å². The summed E-state index contributed by atoms with van der Waals surface area (Å²) in [6.45, 7) is 3.43. The Kier molecular flexibility index (Phi) is 4.81. The lowest BCUT2D eigenvalue weighted by Crippen LogP contribution is -2.42. The molecule has 66 valence electrons. The highest BCUT2D eigenvalue weighted by Gasteiger charge is 2.14. The zero-order valence-corrected chi connectivity index (χ0v) is 6.87. The van der Waals surface area contributed by atoms with E-state index in [1.165, 1.54) is 0 Å². The predicted octanol–water partition coefficient (Wildman–Crippen LogP) is -0.180. The number of aliphatic hydroxyl groups excluding tert-OH is 1. The van der Waals surface area contributed by atoms with Gasteiger partial charge in [-0.05, 0) is 13.3 Å². The SMILES string of the molecule is CC[C@@H](CO)N[C@H](C)C(=O)O. The Bertz CT molecular complexity index is 123. The highest BCUT2D eigenvalue weighted by Crippen LogP contribution is 1.92. The van der Waals surface area contributed by atoms with E-state index in [-0.39, 0.29) is 12.6 Å². The number of nitrogens with one attached hydrogen (secondary N) is 1. The number of carbonyl (C=O) groups is 1. The summed E-state index contributed by atoms with van der Waals surface area (Å²) in [6, 6.07) is -0.701. The van der Waals surface area contributed by atoms with E-state index in [0.29, 0.717) is 0 Å². The van der Waals surface area contributed by atoms with E-state index < -0.39 is 12.0 Å². The van der Waals surface area contributed by atoms with Crippen molar-refractivity contribution in [3.8, 4) is 0 Å². The molecule has 0 radical (unpaired) electrons. The molecule has 0 bridgehead atoms. The third-order valence-corrected chi connectivity index (χ3v) is 1.57. The van der Waals surface area contributed by atoms with E-state index in [4.69, 9.17) is 10.2 Å². The van der Waals surface area contributed by atoms with E-state index in [1.54, 1.807) is 6.92 Å². The first-order chi connectivity index (χ1) is 5.11. The summed E-state index contributed by atoms with van der Waals surface area (Å²) in [5.41, 5.74) is 0. The first-order valence-electron chi connectivity index (χ1n) is 3.71. The Balaban J connectivity index is 3.71. The number of carboxylic acids is 1. The number of rotatable bonds is 5. The molecule has 0 aliphatic carbocycles. The molecule has 0 aromatic heterocycles. The molecule has 0 heterocycles. The average molecular weight is 161 g/mol. The highest BCUT2D eigenvalue weighted by atomic mass is 16.4. The second-order valence-electron chi connectivity index (χ2n) is 2.51. The molecule has 0 spiro atoms. The lowest BCUT2D eigenvalue weighted by molar-refractivity contribution is -0.139. The number of hydrogen-bond donors (Lipinski definition) is 3. The third-order valence-electron chi connectivity index (χ3n) is 1.57. The van der Waals surface area contributed by atoms with Crippen LogP contribution in [0.3, 0.4) is 0 Å². The van der Waals surface area contributed by atoms with Gasteiger partial charge in [0.25, 0.3) is 0 Å². The number of hydrogen-bond acceptors (Lipinski definition) is 3. The molecule has 0 rings (SSSR count). The fraction of sp³-hybridized carbons (Fsp3) is 0.857. The van der Waals surface area contributed by atoms with Crippen molar-refractivity contribution in [3.63, 3.8) is 0 Å². The maximum absolute atomic E-state index is 10.3. The molecule has 0 aliphatic heterocycles. The van der Waals surface area contributed by atoms with Crippen LogP contribution in [0.2, 0.25) is 0 Å². The molecule has 0 aliphatic rings. The van der Waals surface area contributed by atoms with Gasteiger partial charge < -0.3 is 10.2 Å². The molecule has 11 heavy (non-hydrogen) atoms. The second-order valence-corrected chi connectivity index (χ2v) is 2.51. The van der Waals surface area contributed by atoms with Crippen molar-refractivity contribution in [2.75, 3.05) is 6.61 Å². The molecule has 4 nitrogen and oxygen atoms in total. The Hall–Kier alpha value is -0.610. The monoisotopic (exact) mass is 161 g/mol. The number of aliphatic hydroxyl groups is 1. The van der Waals surface area contributed by atoms with E-state index in [9.17, 15) is 4.79 Å². The van der Waals surface area contributed by atoms with Crippen molar-refractivity contribution in [2.24, 2.45) is 0 Å². The molecular formula is C7H15NO3. The topological polar surface area (TPSA) is 69.6 Å². The van der Waals surface area contributed by atoms with Crippen LogP contribution in [-0.4, -0.2) is 34.9 Å². The quantitative estimate of drug-likeness (QED) is 0.523. The van der Waals surface area contributed by atoms with Crippen LogP contribution in [0.15, 0.2) is 0 Å². The standard InChI is InChI=1S/C7H15NO3/c1-3-6(4-9)8-5(2)7(10)11/h5-6,8-9H,3-4H2,1-2H3,(H,10,11)/t5-,6+/m1/s1. The van der Waals surface area contributed by atoms with Gasteiger partial charge in [-0.2, -0.15) is 0 Å². The zero-order chi connectivity index (χ0) is 8.85. The second kappa shape index (κ2) is 5.09. The fourth-order valence-electron chi connectivity index (χ4n) is 0.724. The molecule has 3 N–H and O–H groups in total. The molecule has 0 aromatic rings. The first kappa shape index (κ1) is 10.4. The maximum atomic E-state index is 10.3. The normalized spacial score (nSPS) is 15.9. The van der Waals surface area contributed by atoms with Crippen LogP contribution in [0.1, 0.15) is 20.3 Å². The van der Waals surface area contributed by atoms with Gasteiger partial charge in [0, 0.05) is 6.04 Å². The van der Waals surface area contributed by atoms with Crippen molar-refractivity contribution in [1.82, 2.24) is 5.32 Å². The minimum atomic E-state index is -0.892. The van der Waals surface area contributed by atoms with E-state index in [1.807, 2.05) is 6.92 Å². The van der Waals surface area contributed by atoms with Crippen LogP contribution in [-0.2, 0) is 4.79 Å². The van der Waals surface area contributed by atoms with Crippen LogP contribution in [0, 0.1) is 0 Å². The molecule has 0 unspecified atom stereocenters. The molecule has 4 heteroatoms. The lowest BCUT2D eigenvalue weighted by Gasteiger charge is -2.16. The molecule has 0 amide bonds. The van der Waals surface area contributed by atoms with Crippen LogP contribution in [0.5, 0.6) is 0 Å². The lowest BCUT2D eigenvalue weighted by atomic mass is 10.2. The van der Waals surface area contributed by atoms with Gasteiger partial charge in [0.05, 0.1) is 6.61 Å². The summed E-state index contributed by atoms with van der Waals surface area (Å²) in [6.07, 6.45) is 0.730. The van der Waals surface area contributed by atoms with E-state index in [0.717, 1.165) is 6.42 Å². The van der Waals surface area contributed by atoms with Crippen molar-refractivity contribution in [3.05, 3.63) is 0 Å². The van der Waals surface area contributed by atoms with Crippen LogP contribution >= 0.6 is 0 Å². The summed E-state index contributed by atoms with van der Waals surface area (Å²) >= 11 is 0. The minimum absolute atomic E-state index is 0.0197. The summed E-state index contributed by atoms with van der Waals surface area (Å²) in [4.78, 5) is 10.3. The van der Waals surface area contributed by atoms with Crippen LogP contribution in [0.25, 0.3) is 0 Å². The highest BCUT2D eigenvalue weighted by molar-refractivity contribution is 5.72. The molecule has 2 atom stereocenters. The largest absolute Gasteiger partial charge is 0.480 e. The van der Waals surface area contributed by atoms with Gasteiger partial charge in [-0.15, -0.1) is 0 Å². The van der Waals surface area contributed by atoms with Crippen molar-refractivity contribution >= 4 is 5.97 Å². The van der Waals surface area contributed by atoms with Crippen LogP contribution in [0.4, 0.5) is 0 Å². The van der Waals surface area contributed by atoms with Gasteiger partial charge in [-0.25, -0.2) is 0 Å². The fourth-order valence-corrected chi connectivity index (χ4v) is 0.724. The van der Waals surface area contributed by atoms with Gasteiger partial charge in [0.2, 0.25) is 0 Å². The summed E-state index contributed by atoms with van der Waals surface area (Å²) in [5, 5.41) is 19.9. The van der Waals surface area contributed by atoms with Gasteiger partial charge in [-0.1, -0.05) is 6.92 Å². The molecule has 0 saturated carbocycles. The maximum Gasteiger partial charge on any atom is 0.320 e. The average Bonchev–Trinajstić information content (AvgIpc) is 1.99. The van der Waals surface area contributed by atoms with Crippen LogP contribution < -0.4 is 5.32 Å². The smallest absolute Gasteiger partial charge is 0.320 e. The summed E-state index contributed by atoms with van der Waals surface area (Å²) < 4.78 is 0. The van der Waals surface area contributed by atoms with Gasteiger partial charge in [0.1, 0.15) is 6.04 Å². The molecule has 0 aromatic carbocycles. The summed E-state index contributed by atoms with van der Waals surface area (Å²) in [7, 11) is 0. The third kappa shape index (κ3) is 3.95. The Morgan fingerprint density at radius 2 is 2.18 bits per heavy atom. The Morgan fingerprint density at radius 3 is 2.45 bits per heavy atom. The molecule has 0 saturated heterocycles. The Labute approximate surface area is 66.2 Å². The van der Waals surface area contributed by atoms with E-state index >= 15 is 0 Å². The summed E-state index contributed by atoms with van der Waals surface area (Å²) in [5.74, 6) is -0.892. The minimum Gasteiger partial charge on any atom is -0.480 e. The molecular weight excluding hydrogens is 146 g/mol. The number of carboxylic acid groups (broad SMARTS) is 1. The first-order valence-corrected chi connectivity index (χ1v) is 3.71.